The first-order valence-corrected chi connectivity index (χ1v) is 8.29. The van der Waals surface area contributed by atoms with Crippen molar-refractivity contribution in [2.75, 3.05) is 19.6 Å². The Balaban J connectivity index is 1.67. The van der Waals surface area contributed by atoms with Crippen LogP contribution in [-0.4, -0.2) is 45.2 Å². The average Bonchev–Trinajstić information content (AvgIpc) is 2.96. The van der Waals surface area contributed by atoms with E-state index in [2.05, 4.69) is 71.1 Å². The van der Waals surface area contributed by atoms with Gasteiger partial charge in [0.25, 0.3) is 0 Å². The van der Waals surface area contributed by atoms with Gasteiger partial charge in [-0.1, -0.05) is 30.3 Å². The molecule has 0 bridgehead atoms. The van der Waals surface area contributed by atoms with Crippen molar-refractivity contribution in [2.24, 2.45) is 0 Å². The number of hydrogen-bond donors (Lipinski definition) is 0. The fraction of sp³-hybridized carbons (Fsp3) is 0.556. The summed E-state index contributed by atoms with van der Waals surface area (Å²) in [4.78, 5) is 5.00. The van der Waals surface area contributed by atoms with E-state index in [0.717, 1.165) is 32.1 Å². The molecule has 5 heteroatoms. The summed E-state index contributed by atoms with van der Waals surface area (Å²) in [5.74, 6) is 1.35. The second kappa shape index (κ2) is 6.42. The highest BCUT2D eigenvalue weighted by Gasteiger charge is 2.36. The predicted octanol–water partition coefficient (Wildman–Crippen LogP) is 3.04. The summed E-state index contributed by atoms with van der Waals surface area (Å²) >= 11 is 0. The monoisotopic (exact) mass is 314 g/mol. The first-order valence-electron chi connectivity index (χ1n) is 8.29. The van der Waals surface area contributed by atoms with E-state index in [1.165, 1.54) is 5.56 Å². The molecule has 1 saturated heterocycles. The first kappa shape index (κ1) is 16.1. The van der Waals surface area contributed by atoms with Crippen LogP contribution in [0.1, 0.15) is 44.2 Å². The highest BCUT2D eigenvalue weighted by Crippen LogP contribution is 2.28. The molecule has 1 aromatic heterocycles. The molecule has 1 aliphatic heterocycles. The molecule has 0 amide bonds. The molecule has 0 radical (unpaired) electrons. The molecule has 1 unspecified atom stereocenters. The lowest BCUT2D eigenvalue weighted by molar-refractivity contribution is -0.00748. The van der Waals surface area contributed by atoms with Gasteiger partial charge in [0.05, 0.1) is 6.04 Å². The zero-order valence-corrected chi connectivity index (χ0v) is 14.5. The lowest BCUT2D eigenvalue weighted by Gasteiger charge is -2.48. The van der Waals surface area contributed by atoms with Crippen LogP contribution in [0.2, 0.25) is 0 Å². The average molecular weight is 314 g/mol. The summed E-state index contributed by atoms with van der Waals surface area (Å²) in [6.45, 7) is 12.7. The highest BCUT2D eigenvalue weighted by molar-refractivity contribution is 5.15. The number of aromatic nitrogens is 2. The van der Waals surface area contributed by atoms with E-state index in [4.69, 9.17) is 4.42 Å². The Kier molecular flexibility index (Phi) is 4.50. The van der Waals surface area contributed by atoms with Crippen LogP contribution in [0.25, 0.3) is 0 Å². The van der Waals surface area contributed by atoms with Crippen LogP contribution in [0.5, 0.6) is 0 Å². The Labute approximate surface area is 138 Å². The maximum Gasteiger partial charge on any atom is 0.233 e. The Hall–Kier alpha value is -1.72. The molecule has 0 saturated carbocycles. The van der Waals surface area contributed by atoms with Crippen molar-refractivity contribution in [2.45, 2.75) is 45.8 Å². The van der Waals surface area contributed by atoms with E-state index >= 15 is 0 Å². The molecule has 1 aromatic carbocycles. The van der Waals surface area contributed by atoms with Gasteiger partial charge in [0.15, 0.2) is 0 Å². The SMILES string of the molecule is Cc1nnc(C(C)N2CCN(Cc3ccccc3)C(C)(C)C2)o1. The third-order valence-corrected chi connectivity index (χ3v) is 4.77. The molecular weight excluding hydrogens is 288 g/mol. The van der Waals surface area contributed by atoms with Gasteiger partial charge in [-0.15, -0.1) is 10.2 Å². The number of rotatable bonds is 4. The van der Waals surface area contributed by atoms with Gasteiger partial charge in [-0.2, -0.15) is 0 Å². The van der Waals surface area contributed by atoms with Crippen LogP contribution < -0.4 is 0 Å². The van der Waals surface area contributed by atoms with Crippen molar-refractivity contribution in [3.05, 3.63) is 47.7 Å². The summed E-state index contributed by atoms with van der Waals surface area (Å²) in [7, 11) is 0. The molecule has 3 rings (SSSR count). The molecule has 0 aliphatic carbocycles. The number of aryl methyl sites for hydroxylation is 1. The maximum absolute atomic E-state index is 5.61. The molecule has 0 spiro atoms. The highest BCUT2D eigenvalue weighted by atomic mass is 16.4. The summed E-state index contributed by atoms with van der Waals surface area (Å²) in [5, 5.41) is 8.14. The van der Waals surface area contributed by atoms with Crippen molar-refractivity contribution in [1.82, 2.24) is 20.0 Å². The first-order chi connectivity index (χ1) is 11.0. The second-order valence-electron chi connectivity index (χ2n) is 7.03. The van der Waals surface area contributed by atoms with Crippen LogP contribution in [0.3, 0.4) is 0 Å². The smallest absolute Gasteiger partial charge is 0.233 e. The van der Waals surface area contributed by atoms with Gasteiger partial charge >= 0.3 is 0 Å². The topological polar surface area (TPSA) is 45.4 Å². The summed E-state index contributed by atoms with van der Waals surface area (Å²) in [5.41, 5.74) is 1.48. The minimum atomic E-state index is 0.109. The van der Waals surface area contributed by atoms with E-state index < -0.39 is 0 Å². The van der Waals surface area contributed by atoms with Crippen LogP contribution in [0.4, 0.5) is 0 Å². The Morgan fingerprint density at radius 3 is 2.52 bits per heavy atom. The van der Waals surface area contributed by atoms with Crippen molar-refractivity contribution in [1.29, 1.82) is 0 Å². The molecule has 1 atom stereocenters. The summed E-state index contributed by atoms with van der Waals surface area (Å²) in [6, 6.07) is 10.9. The minimum absolute atomic E-state index is 0.109. The number of hydrogen-bond acceptors (Lipinski definition) is 5. The standard InChI is InChI=1S/C18H26N4O/c1-14(17-20-19-15(2)23-17)21-10-11-22(18(3,4)13-21)12-16-8-6-5-7-9-16/h5-9,14H,10-13H2,1-4H3. The van der Waals surface area contributed by atoms with Gasteiger partial charge in [-0.25, -0.2) is 0 Å². The van der Waals surface area contributed by atoms with Crippen LogP contribution in [0.15, 0.2) is 34.7 Å². The molecule has 23 heavy (non-hydrogen) atoms. The zero-order chi connectivity index (χ0) is 16.4. The van der Waals surface area contributed by atoms with Crippen LogP contribution >= 0.6 is 0 Å². The molecule has 2 heterocycles. The van der Waals surface area contributed by atoms with Crippen LogP contribution in [-0.2, 0) is 6.54 Å². The molecule has 2 aromatic rings. The third-order valence-electron chi connectivity index (χ3n) is 4.77. The molecule has 124 valence electrons. The normalized spacial score (nSPS) is 20.5. The van der Waals surface area contributed by atoms with E-state index in [9.17, 15) is 0 Å². The van der Waals surface area contributed by atoms with Crippen molar-refractivity contribution in [3.63, 3.8) is 0 Å². The summed E-state index contributed by atoms with van der Waals surface area (Å²) < 4.78 is 5.61. The summed E-state index contributed by atoms with van der Waals surface area (Å²) in [6.07, 6.45) is 0. The molecule has 1 fully saturated rings. The molecule has 5 nitrogen and oxygen atoms in total. The quantitative estimate of drug-likeness (QED) is 0.868. The second-order valence-corrected chi connectivity index (χ2v) is 7.03. The lowest BCUT2D eigenvalue weighted by Crippen LogP contribution is -2.59. The van der Waals surface area contributed by atoms with Gasteiger partial charge < -0.3 is 4.42 Å². The van der Waals surface area contributed by atoms with Gasteiger partial charge in [-0.05, 0) is 26.3 Å². The van der Waals surface area contributed by atoms with Gasteiger partial charge in [0.1, 0.15) is 0 Å². The Bertz CT molecular complexity index is 637. The Morgan fingerprint density at radius 1 is 1.17 bits per heavy atom. The Morgan fingerprint density at radius 2 is 1.91 bits per heavy atom. The van der Waals surface area contributed by atoms with E-state index in [0.29, 0.717) is 5.89 Å². The van der Waals surface area contributed by atoms with Crippen molar-refractivity contribution >= 4 is 0 Å². The van der Waals surface area contributed by atoms with Crippen molar-refractivity contribution in [3.8, 4) is 0 Å². The third kappa shape index (κ3) is 3.62. The lowest BCUT2D eigenvalue weighted by atomic mass is 9.96. The fourth-order valence-electron chi connectivity index (χ4n) is 3.29. The van der Waals surface area contributed by atoms with Gasteiger partial charge in [0, 0.05) is 38.6 Å². The maximum atomic E-state index is 5.61. The largest absolute Gasteiger partial charge is 0.424 e. The van der Waals surface area contributed by atoms with Gasteiger partial charge in [-0.3, -0.25) is 9.80 Å². The van der Waals surface area contributed by atoms with E-state index in [1.807, 2.05) is 6.92 Å². The predicted molar refractivity (Wildman–Crippen MR) is 90.0 cm³/mol. The molecule has 1 aliphatic rings. The van der Waals surface area contributed by atoms with E-state index in [1.54, 1.807) is 0 Å². The number of benzene rings is 1. The van der Waals surface area contributed by atoms with Crippen molar-refractivity contribution < 1.29 is 4.42 Å². The fourth-order valence-corrected chi connectivity index (χ4v) is 3.29. The number of piperazine rings is 1. The molecule has 0 N–H and O–H groups in total. The minimum Gasteiger partial charge on any atom is -0.424 e. The van der Waals surface area contributed by atoms with E-state index in [-0.39, 0.29) is 11.6 Å². The van der Waals surface area contributed by atoms with Gasteiger partial charge in [0.2, 0.25) is 11.8 Å². The zero-order valence-electron chi connectivity index (χ0n) is 14.5. The van der Waals surface area contributed by atoms with Crippen LogP contribution in [0, 0.1) is 6.92 Å². The molecular formula is C18H26N4O. The number of nitrogens with zero attached hydrogens (tertiary/aromatic N) is 4.